The van der Waals surface area contributed by atoms with Crippen molar-refractivity contribution in [1.82, 2.24) is 5.32 Å². The van der Waals surface area contributed by atoms with Gasteiger partial charge in [0.25, 0.3) is 5.91 Å². The molecule has 4 N–H and O–H groups in total. The van der Waals surface area contributed by atoms with E-state index in [1.165, 1.54) is 11.3 Å². The average molecular weight is 214 g/mol. The summed E-state index contributed by atoms with van der Waals surface area (Å²) in [5.41, 5.74) is 4.80. The van der Waals surface area contributed by atoms with Crippen LogP contribution < -0.4 is 11.1 Å². The number of thiophene rings is 1. The number of hydrogen-bond donors (Lipinski definition) is 3. The highest BCUT2D eigenvalue weighted by Gasteiger charge is 2.13. The summed E-state index contributed by atoms with van der Waals surface area (Å²) in [5.74, 6) is -1.17. The summed E-state index contributed by atoms with van der Waals surface area (Å²) in [6.07, 6.45) is -1.33. The molecule has 14 heavy (non-hydrogen) atoms. The molecule has 1 aromatic rings. The first kappa shape index (κ1) is 10.7. The molecule has 0 bridgehead atoms. The van der Waals surface area contributed by atoms with Crippen LogP contribution in [0.2, 0.25) is 0 Å². The van der Waals surface area contributed by atoms with E-state index in [-0.39, 0.29) is 12.5 Å². The van der Waals surface area contributed by atoms with Crippen molar-refractivity contribution in [2.24, 2.45) is 5.73 Å². The first-order valence-corrected chi connectivity index (χ1v) is 4.78. The maximum atomic E-state index is 11.3. The predicted molar refractivity (Wildman–Crippen MR) is 51.9 cm³/mol. The van der Waals surface area contributed by atoms with E-state index >= 15 is 0 Å². The van der Waals surface area contributed by atoms with Gasteiger partial charge in [-0.25, -0.2) is 0 Å². The van der Waals surface area contributed by atoms with Crippen molar-refractivity contribution < 1.29 is 14.7 Å². The molecule has 0 aliphatic rings. The van der Waals surface area contributed by atoms with Gasteiger partial charge in [-0.3, -0.25) is 9.59 Å². The summed E-state index contributed by atoms with van der Waals surface area (Å²) in [6.45, 7) is -0.161. The van der Waals surface area contributed by atoms with Crippen LogP contribution in [0.15, 0.2) is 17.5 Å². The van der Waals surface area contributed by atoms with E-state index in [9.17, 15) is 9.59 Å². The number of aliphatic hydroxyl groups is 1. The van der Waals surface area contributed by atoms with Crippen LogP contribution in [0.25, 0.3) is 0 Å². The Balaban J connectivity index is 2.40. The fraction of sp³-hybridized carbons (Fsp3) is 0.250. The minimum atomic E-state index is -1.33. The number of nitrogens with one attached hydrogen (secondary N) is 1. The summed E-state index contributed by atoms with van der Waals surface area (Å²) in [7, 11) is 0. The van der Waals surface area contributed by atoms with Crippen LogP contribution in [0.5, 0.6) is 0 Å². The lowest BCUT2D eigenvalue weighted by molar-refractivity contribution is -0.125. The topological polar surface area (TPSA) is 92.4 Å². The lowest BCUT2D eigenvalue weighted by Gasteiger charge is -2.06. The van der Waals surface area contributed by atoms with Gasteiger partial charge in [-0.15, -0.1) is 11.3 Å². The van der Waals surface area contributed by atoms with Gasteiger partial charge >= 0.3 is 0 Å². The van der Waals surface area contributed by atoms with Gasteiger partial charge < -0.3 is 16.2 Å². The van der Waals surface area contributed by atoms with Crippen LogP contribution in [0.1, 0.15) is 9.67 Å². The van der Waals surface area contributed by atoms with Crippen LogP contribution in [-0.4, -0.2) is 29.6 Å². The molecule has 1 unspecified atom stereocenters. The molecular weight excluding hydrogens is 204 g/mol. The van der Waals surface area contributed by atoms with Crippen molar-refractivity contribution in [1.29, 1.82) is 0 Å². The minimum Gasteiger partial charge on any atom is -0.381 e. The lowest BCUT2D eigenvalue weighted by Crippen LogP contribution is -2.39. The third kappa shape index (κ3) is 2.82. The number of nitrogens with two attached hydrogens (primary N) is 1. The van der Waals surface area contributed by atoms with Crippen molar-refractivity contribution in [3.05, 3.63) is 22.4 Å². The summed E-state index contributed by atoms with van der Waals surface area (Å²) in [4.78, 5) is 22.2. The molecule has 1 rings (SSSR count). The summed E-state index contributed by atoms with van der Waals surface area (Å²) >= 11 is 1.28. The lowest BCUT2D eigenvalue weighted by atomic mass is 10.3. The van der Waals surface area contributed by atoms with E-state index in [1.807, 2.05) is 0 Å². The molecule has 0 aromatic carbocycles. The summed E-state index contributed by atoms with van der Waals surface area (Å²) in [5, 5.41) is 13.1. The van der Waals surface area contributed by atoms with Crippen molar-refractivity contribution in [2.75, 3.05) is 6.54 Å². The second kappa shape index (κ2) is 4.73. The molecule has 6 heteroatoms. The van der Waals surface area contributed by atoms with Crippen molar-refractivity contribution in [2.45, 2.75) is 6.10 Å². The predicted octanol–water partition coefficient (Wildman–Crippen LogP) is -0.676. The normalized spacial score (nSPS) is 12.1. The number of hydrogen-bond acceptors (Lipinski definition) is 4. The second-order valence-corrected chi connectivity index (χ2v) is 3.55. The number of rotatable bonds is 4. The molecule has 1 atom stereocenters. The van der Waals surface area contributed by atoms with Crippen LogP contribution in [0, 0.1) is 0 Å². The molecule has 0 saturated carbocycles. The van der Waals surface area contributed by atoms with Gasteiger partial charge in [-0.2, -0.15) is 0 Å². The monoisotopic (exact) mass is 214 g/mol. The Morgan fingerprint density at radius 3 is 2.86 bits per heavy atom. The van der Waals surface area contributed by atoms with Gasteiger partial charge in [-0.1, -0.05) is 6.07 Å². The van der Waals surface area contributed by atoms with Crippen LogP contribution in [-0.2, 0) is 4.79 Å². The Morgan fingerprint density at radius 1 is 1.64 bits per heavy atom. The Kier molecular flexibility index (Phi) is 3.61. The van der Waals surface area contributed by atoms with E-state index in [4.69, 9.17) is 10.8 Å². The van der Waals surface area contributed by atoms with Crippen molar-refractivity contribution >= 4 is 23.2 Å². The zero-order chi connectivity index (χ0) is 10.6. The van der Waals surface area contributed by atoms with E-state index in [2.05, 4.69) is 5.32 Å². The number of aliphatic hydroxyl groups excluding tert-OH is 1. The van der Waals surface area contributed by atoms with E-state index in [0.717, 1.165) is 0 Å². The molecule has 76 valence electrons. The highest BCUT2D eigenvalue weighted by Crippen LogP contribution is 2.07. The standard InChI is InChI=1S/C8H10N2O3S/c9-7(12)5(11)4-10-8(13)6-2-1-3-14-6/h1-3,5,11H,4H2,(H2,9,12)(H,10,13). The van der Waals surface area contributed by atoms with Gasteiger partial charge in [0.05, 0.1) is 11.4 Å². The number of carbonyl (C=O) groups excluding carboxylic acids is 2. The van der Waals surface area contributed by atoms with Gasteiger partial charge in [0, 0.05) is 0 Å². The molecule has 2 amide bonds. The third-order valence-corrected chi connectivity index (χ3v) is 2.40. The highest BCUT2D eigenvalue weighted by molar-refractivity contribution is 7.12. The second-order valence-electron chi connectivity index (χ2n) is 2.61. The van der Waals surface area contributed by atoms with Crippen LogP contribution in [0.4, 0.5) is 0 Å². The molecule has 0 aliphatic carbocycles. The maximum absolute atomic E-state index is 11.3. The first-order chi connectivity index (χ1) is 6.61. The van der Waals surface area contributed by atoms with Crippen LogP contribution >= 0.6 is 11.3 Å². The molecule has 0 spiro atoms. The highest BCUT2D eigenvalue weighted by atomic mass is 32.1. The zero-order valence-corrected chi connectivity index (χ0v) is 8.08. The fourth-order valence-corrected chi connectivity index (χ4v) is 1.42. The van der Waals surface area contributed by atoms with E-state index in [0.29, 0.717) is 4.88 Å². The molecule has 1 heterocycles. The average Bonchev–Trinajstić information content (AvgIpc) is 2.66. The quantitative estimate of drug-likeness (QED) is 0.620. The zero-order valence-electron chi connectivity index (χ0n) is 7.27. The maximum Gasteiger partial charge on any atom is 0.261 e. The van der Waals surface area contributed by atoms with E-state index in [1.54, 1.807) is 17.5 Å². The van der Waals surface area contributed by atoms with Crippen molar-refractivity contribution in [3.63, 3.8) is 0 Å². The van der Waals surface area contributed by atoms with Gasteiger partial charge in [-0.05, 0) is 11.4 Å². The largest absolute Gasteiger partial charge is 0.381 e. The Labute approximate surface area is 84.5 Å². The number of amides is 2. The summed E-state index contributed by atoms with van der Waals surface area (Å²) in [6, 6.07) is 3.39. The molecule has 0 radical (unpaired) electrons. The minimum absolute atomic E-state index is 0.161. The Morgan fingerprint density at radius 2 is 2.36 bits per heavy atom. The Hall–Kier alpha value is -1.40. The van der Waals surface area contributed by atoms with Crippen LogP contribution in [0.3, 0.4) is 0 Å². The van der Waals surface area contributed by atoms with Gasteiger partial charge in [0.2, 0.25) is 5.91 Å². The van der Waals surface area contributed by atoms with Gasteiger partial charge in [0.1, 0.15) is 6.10 Å². The SMILES string of the molecule is NC(=O)C(O)CNC(=O)c1cccs1. The van der Waals surface area contributed by atoms with Gasteiger partial charge in [0.15, 0.2) is 0 Å². The molecule has 1 aromatic heterocycles. The first-order valence-electron chi connectivity index (χ1n) is 3.90. The fourth-order valence-electron chi connectivity index (χ4n) is 0.785. The number of carbonyl (C=O) groups is 2. The Bertz CT molecular complexity index is 323. The third-order valence-electron chi connectivity index (χ3n) is 1.53. The molecule has 0 aliphatic heterocycles. The smallest absolute Gasteiger partial charge is 0.261 e. The molecular formula is C8H10N2O3S. The summed E-state index contributed by atoms with van der Waals surface area (Å²) < 4.78 is 0. The van der Waals surface area contributed by atoms with Crippen molar-refractivity contribution in [3.8, 4) is 0 Å². The van der Waals surface area contributed by atoms with E-state index < -0.39 is 12.0 Å². The molecule has 0 fully saturated rings. The number of primary amides is 1. The molecule has 5 nitrogen and oxygen atoms in total. The molecule has 0 saturated heterocycles.